The molecule has 0 amide bonds. The van der Waals surface area contributed by atoms with Gasteiger partial charge in [0.2, 0.25) is 0 Å². The summed E-state index contributed by atoms with van der Waals surface area (Å²) in [7, 11) is 0. The average molecular weight is 190 g/mol. The first-order valence-corrected chi connectivity index (χ1v) is 4.13. The summed E-state index contributed by atoms with van der Waals surface area (Å²) >= 11 is 0. The first kappa shape index (κ1) is 12.2. The number of carbonyl (C=O) groups is 1. The first-order valence-electron chi connectivity index (χ1n) is 4.13. The molecule has 0 radical (unpaired) electrons. The third-order valence-electron chi connectivity index (χ3n) is 1.37. The molecule has 1 aromatic rings. The zero-order valence-corrected chi connectivity index (χ0v) is 8.32. The van der Waals surface area contributed by atoms with Gasteiger partial charge in [0.25, 0.3) is 0 Å². The number of benzene rings is 1. The number of rotatable bonds is 2. The molecule has 0 aliphatic heterocycles. The van der Waals surface area contributed by atoms with Crippen LogP contribution < -0.4 is 4.74 Å². The molecule has 0 N–H and O–H groups in total. The zero-order valence-electron chi connectivity index (χ0n) is 8.32. The standard InChI is InChI=1S/C10H10O2.C2H4/c1-3-10(11)12-9-6-4-5-8(2)7-9;1-2/h3-7H,1H2,2H3;1-2H2. The van der Waals surface area contributed by atoms with Gasteiger partial charge in [0.05, 0.1) is 0 Å². The van der Waals surface area contributed by atoms with Gasteiger partial charge in [0.1, 0.15) is 5.75 Å². The Morgan fingerprint density at radius 3 is 2.57 bits per heavy atom. The van der Waals surface area contributed by atoms with E-state index in [4.69, 9.17) is 4.74 Å². The number of esters is 1. The lowest BCUT2D eigenvalue weighted by atomic mass is 10.2. The Bertz CT molecular complexity index is 316. The Morgan fingerprint density at radius 1 is 1.43 bits per heavy atom. The Morgan fingerprint density at radius 2 is 2.07 bits per heavy atom. The maximum absolute atomic E-state index is 10.8. The van der Waals surface area contributed by atoms with Crippen molar-refractivity contribution in [1.82, 2.24) is 0 Å². The summed E-state index contributed by atoms with van der Waals surface area (Å²) < 4.78 is 4.89. The molecule has 0 saturated carbocycles. The zero-order chi connectivity index (χ0) is 11.0. The van der Waals surface area contributed by atoms with Crippen molar-refractivity contribution in [3.8, 4) is 5.75 Å². The summed E-state index contributed by atoms with van der Waals surface area (Å²) in [6.07, 6.45) is 1.14. The average Bonchev–Trinajstić information content (AvgIpc) is 2.21. The first-order chi connectivity index (χ1) is 6.72. The molecule has 1 rings (SSSR count). The predicted molar refractivity (Wildman–Crippen MR) is 58.3 cm³/mol. The highest BCUT2D eigenvalue weighted by Crippen LogP contribution is 2.12. The molecule has 2 nitrogen and oxygen atoms in total. The van der Waals surface area contributed by atoms with E-state index in [1.807, 2.05) is 19.1 Å². The fraction of sp³-hybridized carbons (Fsp3) is 0.0833. The van der Waals surface area contributed by atoms with Gasteiger partial charge >= 0.3 is 5.97 Å². The lowest BCUT2D eigenvalue weighted by molar-refractivity contribution is -0.128. The minimum atomic E-state index is -0.430. The van der Waals surface area contributed by atoms with Gasteiger partial charge in [0.15, 0.2) is 0 Å². The number of hydrogen-bond donors (Lipinski definition) is 0. The molecule has 2 heteroatoms. The van der Waals surface area contributed by atoms with Crippen molar-refractivity contribution >= 4 is 5.97 Å². The molecule has 0 atom stereocenters. The van der Waals surface area contributed by atoms with Crippen LogP contribution in [0.4, 0.5) is 0 Å². The fourth-order valence-electron chi connectivity index (χ4n) is 0.837. The summed E-state index contributed by atoms with van der Waals surface area (Å²) in [5, 5.41) is 0. The highest BCUT2D eigenvalue weighted by Gasteiger charge is 1.97. The summed E-state index contributed by atoms with van der Waals surface area (Å²) in [6.45, 7) is 11.2. The van der Waals surface area contributed by atoms with E-state index in [1.54, 1.807) is 12.1 Å². The van der Waals surface area contributed by atoms with Gasteiger partial charge in [0, 0.05) is 6.08 Å². The number of hydrogen-bond acceptors (Lipinski definition) is 2. The number of ether oxygens (including phenoxy) is 1. The number of carbonyl (C=O) groups excluding carboxylic acids is 1. The molecule has 0 saturated heterocycles. The van der Waals surface area contributed by atoms with Gasteiger partial charge < -0.3 is 4.74 Å². The van der Waals surface area contributed by atoms with Crippen LogP contribution in [0, 0.1) is 6.92 Å². The molecule has 14 heavy (non-hydrogen) atoms. The Labute approximate surface area is 84.5 Å². The van der Waals surface area contributed by atoms with E-state index < -0.39 is 5.97 Å². The minimum Gasteiger partial charge on any atom is -0.423 e. The maximum Gasteiger partial charge on any atom is 0.335 e. The van der Waals surface area contributed by atoms with Crippen molar-refractivity contribution in [3.63, 3.8) is 0 Å². The molecule has 0 bridgehead atoms. The predicted octanol–water partition coefficient (Wildman–Crippen LogP) is 2.89. The summed E-state index contributed by atoms with van der Waals surface area (Å²) in [6, 6.07) is 7.29. The van der Waals surface area contributed by atoms with Gasteiger partial charge in [-0.2, -0.15) is 0 Å². The van der Waals surface area contributed by atoms with E-state index in [0.717, 1.165) is 11.6 Å². The Kier molecular flexibility index (Phi) is 5.79. The van der Waals surface area contributed by atoms with Gasteiger partial charge in [-0.15, -0.1) is 13.2 Å². The maximum atomic E-state index is 10.8. The highest BCUT2D eigenvalue weighted by atomic mass is 16.5. The van der Waals surface area contributed by atoms with E-state index in [9.17, 15) is 4.79 Å². The van der Waals surface area contributed by atoms with Crippen LogP contribution in [0.2, 0.25) is 0 Å². The Hall–Kier alpha value is -1.83. The molecule has 0 spiro atoms. The molecule has 1 aromatic carbocycles. The van der Waals surface area contributed by atoms with Crippen molar-refractivity contribution in [2.24, 2.45) is 0 Å². The van der Waals surface area contributed by atoms with Gasteiger partial charge in [-0.3, -0.25) is 0 Å². The van der Waals surface area contributed by atoms with Crippen LogP contribution in [-0.2, 0) is 4.79 Å². The lowest BCUT2D eigenvalue weighted by Gasteiger charge is -2.00. The van der Waals surface area contributed by atoms with Crippen LogP contribution in [0.1, 0.15) is 5.56 Å². The summed E-state index contributed by atoms with van der Waals surface area (Å²) in [5.41, 5.74) is 1.06. The molecule has 0 aliphatic carbocycles. The molecule has 0 aliphatic rings. The SMILES string of the molecule is C=C.C=CC(=O)Oc1cccc(C)c1. The second kappa shape index (κ2) is 6.66. The van der Waals surface area contributed by atoms with Gasteiger partial charge in [-0.25, -0.2) is 4.79 Å². The van der Waals surface area contributed by atoms with Crippen molar-refractivity contribution in [1.29, 1.82) is 0 Å². The van der Waals surface area contributed by atoms with Crippen molar-refractivity contribution in [2.75, 3.05) is 0 Å². The van der Waals surface area contributed by atoms with E-state index in [1.165, 1.54) is 0 Å². The number of aryl methyl sites for hydroxylation is 1. The van der Waals surface area contributed by atoms with E-state index in [0.29, 0.717) is 5.75 Å². The van der Waals surface area contributed by atoms with Crippen LogP contribution >= 0.6 is 0 Å². The molecule has 74 valence electrons. The van der Waals surface area contributed by atoms with Crippen LogP contribution in [0.3, 0.4) is 0 Å². The monoisotopic (exact) mass is 190 g/mol. The molecule has 0 heterocycles. The second-order valence-corrected chi connectivity index (χ2v) is 2.44. The van der Waals surface area contributed by atoms with Crippen LogP contribution in [0.25, 0.3) is 0 Å². The normalized spacial score (nSPS) is 8.07. The van der Waals surface area contributed by atoms with Crippen LogP contribution in [0.15, 0.2) is 50.1 Å². The van der Waals surface area contributed by atoms with Gasteiger partial charge in [-0.1, -0.05) is 18.7 Å². The third kappa shape index (κ3) is 4.26. The molecule has 0 fully saturated rings. The van der Waals surface area contributed by atoms with Crippen LogP contribution in [0.5, 0.6) is 5.75 Å². The second-order valence-electron chi connectivity index (χ2n) is 2.44. The molecular formula is C12H14O2. The van der Waals surface area contributed by atoms with Crippen molar-refractivity contribution in [2.45, 2.75) is 6.92 Å². The van der Waals surface area contributed by atoms with Crippen molar-refractivity contribution < 1.29 is 9.53 Å². The third-order valence-corrected chi connectivity index (χ3v) is 1.37. The topological polar surface area (TPSA) is 26.3 Å². The Balaban J connectivity index is 0.000000791. The fourth-order valence-corrected chi connectivity index (χ4v) is 0.837. The molecule has 0 aromatic heterocycles. The highest BCUT2D eigenvalue weighted by molar-refractivity contribution is 5.83. The summed E-state index contributed by atoms with van der Waals surface area (Å²) in [5.74, 6) is 0.125. The lowest BCUT2D eigenvalue weighted by Crippen LogP contribution is -2.02. The quantitative estimate of drug-likeness (QED) is 0.310. The van der Waals surface area contributed by atoms with E-state index in [2.05, 4.69) is 19.7 Å². The molecule has 0 unspecified atom stereocenters. The van der Waals surface area contributed by atoms with Gasteiger partial charge in [-0.05, 0) is 24.6 Å². The largest absolute Gasteiger partial charge is 0.423 e. The van der Waals surface area contributed by atoms with Crippen molar-refractivity contribution in [3.05, 3.63) is 55.6 Å². The minimum absolute atomic E-state index is 0.430. The summed E-state index contributed by atoms with van der Waals surface area (Å²) in [4.78, 5) is 10.8. The van der Waals surface area contributed by atoms with E-state index in [-0.39, 0.29) is 0 Å². The molecular weight excluding hydrogens is 176 g/mol. The van der Waals surface area contributed by atoms with E-state index >= 15 is 0 Å². The van der Waals surface area contributed by atoms with Crippen LogP contribution in [-0.4, -0.2) is 5.97 Å². The smallest absolute Gasteiger partial charge is 0.335 e.